The van der Waals surface area contributed by atoms with Gasteiger partial charge in [0.25, 0.3) is 0 Å². The highest BCUT2D eigenvalue weighted by Gasteiger charge is 2.42. The molecular formula is C21H27BO2. The predicted octanol–water partition coefficient (Wildman–Crippen LogP) is 4.54. The van der Waals surface area contributed by atoms with Crippen LogP contribution in [0.5, 0.6) is 0 Å². The van der Waals surface area contributed by atoms with Crippen LogP contribution in [0.1, 0.15) is 50.7 Å². The van der Waals surface area contributed by atoms with Crippen LogP contribution >= 0.6 is 0 Å². The Bertz CT molecular complexity index is 701. The summed E-state index contributed by atoms with van der Waals surface area (Å²) in [6, 6.07) is 15.6. The highest BCUT2D eigenvalue weighted by atomic mass is 16.6. The number of hydrogen-bond acceptors (Lipinski definition) is 2. The zero-order valence-electron chi connectivity index (χ0n) is 15.3. The van der Waals surface area contributed by atoms with E-state index in [1.54, 1.807) is 14.2 Å². The molecule has 2 nitrogen and oxygen atoms in total. The molecule has 0 aromatic heterocycles. The highest BCUT2D eigenvalue weighted by Crippen LogP contribution is 2.53. The molecule has 126 valence electrons. The Morgan fingerprint density at radius 1 is 0.833 bits per heavy atom. The van der Waals surface area contributed by atoms with Crippen molar-refractivity contribution in [2.75, 3.05) is 14.2 Å². The van der Waals surface area contributed by atoms with Gasteiger partial charge in [0.15, 0.2) is 0 Å². The zero-order chi connectivity index (χ0) is 17.2. The molecule has 0 fully saturated rings. The summed E-state index contributed by atoms with van der Waals surface area (Å²) < 4.78 is 11.0. The number of rotatable bonds is 7. The monoisotopic (exact) mass is 322 g/mol. The van der Waals surface area contributed by atoms with Gasteiger partial charge in [0, 0.05) is 19.6 Å². The first-order valence-corrected chi connectivity index (χ1v) is 9.01. The molecule has 0 aliphatic heterocycles. The standard InChI is InChI=1S/C21H27BO2/c1-5-13-21(14-6-2)19-10-8-7-9-17(19)18-12-11-16(15-20(18)21)22(23-3)24-4/h7-12,15H,5-6,13-14H2,1-4H3. The second-order valence-electron chi connectivity index (χ2n) is 6.74. The molecule has 0 spiro atoms. The first-order chi connectivity index (χ1) is 11.7. The van der Waals surface area contributed by atoms with Gasteiger partial charge < -0.3 is 9.31 Å². The molecular weight excluding hydrogens is 295 g/mol. The molecule has 0 atom stereocenters. The van der Waals surface area contributed by atoms with Crippen molar-refractivity contribution in [2.24, 2.45) is 0 Å². The quantitative estimate of drug-likeness (QED) is 0.697. The molecule has 0 saturated heterocycles. The third-order valence-corrected chi connectivity index (χ3v) is 5.35. The Morgan fingerprint density at radius 3 is 2.08 bits per heavy atom. The maximum absolute atomic E-state index is 5.49. The summed E-state index contributed by atoms with van der Waals surface area (Å²) in [5, 5.41) is 0. The summed E-state index contributed by atoms with van der Waals surface area (Å²) in [5.41, 5.74) is 6.94. The Labute approximate surface area is 146 Å². The molecule has 2 aromatic rings. The topological polar surface area (TPSA) is 18.5 Å². The zero-order valence-corrected chi connectivity index (χ0v) is 15.3. The predicted molar refractivity (Wildman–Crippen MR) is 102 cm³/mol. The van der Waals surface area contributed by atoms with Crippen molar-refractivity contribution >= 4 is 12.6 Å². The Morgan fingerprint density at radius 2 is 1.46 bits per heavy atom. The van der Waals surface area contributed by atoms with Crippen LogP contribution in [0.15, 0.2) is 42.5 Å². The average molecular weight is 322 g/mol. The van der Waals surface area contributed by atoms with Crippen LogP contribution in [0.4, 0.5) is 0 Å². The van der Waals surface area contributed by atoms with Gasteiger partial charge in [0.2, 0.25) is 0 Å². The lowest BCUT2D eigenvalue weighted by molar-refractivity contribution is 0.292. The van der Waals surface area contributed by atoms with E-state index in [9.17, 15) is 0 Å². The lowest BCUT2D eigenvalue weighted by Gasteiger charge is -2.32. The molecule has 0 heterocycles. The van der Waals surface area contributed by atoms with Gasteiger partial charge in [-0.1, -0.05) is 69.2 Å². The van der Waals surface area contributed by atoms with Gasteiger partial charge in [0.05, 0.1) is 0 Å². The normalized spacial score (nSPS) is 14.3. The molecule has 0 N–H and O–H groups in total. The van der Waals surface area contributed by atoms with Crippen molar-refractivity contribution in [2.45, 2.75) is 44.9 Å². The van der Waals surface area contributed by atoms with Crippen molar-refractivity contribution in [3.63, 3.8) is 0 Å². The van der Waals surface area contributed by atoms with E-state index in [0.29, 0.717) is 0 Å². The molecule has 0 unspecified atom stereocenters. The van der Waals surface area contributed by atoms with Crippen molar-refractivity contribution in [3.8, 4) is 11.1 Å². The molecule has 0 saturated carbocycles. The van der Waals surface area contributed by atoms with E-state index in [1.165, 1.54) is 47.9 Å². The van der Waals surface area contributed by atoms with E-state index >= 15 is 0 Å². The Balaban J connectivity index is 2.22. The smallest absolute Gasteiger partial charge is 0.410 e. The van der Waals surface area contributed by atoms with E-state index in [2.05, 4.69) is 56.3 Å². The minimum atomic E-state index is -0.306. The van der Waals surface area contributed by atoms with Gasteiger partial charge in [-0.15, -0.1) is 0 Å². The molecule has 3 rings (SSSR count). The summed E-state index contributed by atoms with van der Waals surface area (Å²) in [5.74, 6) is 0. The van der Waals surface area contributed by atoms with Gasteiger partial charge in [-0.25, -0.2) is 0 Å². The third kappa shape index (κ3) is 2.60. The van der Waals surface area contributed by atoms with E-state index < -0.39 is 0 Å². The van der Waals surface area contributed by atoms with Crippen LogP contribution in [0, 0.1) is 0 Å². The summed E-state index contributed by atoms with van der Waals surface area (Å²) in [4.78, 5) is 0. The minimum absolute atomic E-state index is 0.122. The summed E-state index contributed by atoms with van der Waals surface area (Å²) in [6.45, 7) is 4.57. The van der Waals surface area contributed by atoms with Gasteiger partial charge >= 0.3 is 7.12 Å². The number of benzene rings is 2. The fourth-order valence-corrected chi connectivity index (χ4v) is 4.51. The van der Waals surface area contributed by atoms with E-state index in [0.717, 1.165) is 5.46 Å². The van der Waals surface area contributed by atoms with Gasteiger partial charge in [-0.2, -0.15) is 0 Å². The summed E-state index contributed by atoms with van der Waals surface area (Å²) in [7, 11) is 3.09. The SMILES string of the molecule is CCCC1(CCC)c2ccccc2-c2ccc(B(OC)OC)cc21. The van der Waals surface area contributed by atoms with Crippen molar-refractivity contribution in [1.82, 2.24) is 0 Å². The molecule has 1 aliphatic rings. The highest BCUT2D eigenvalue weighted by molar-refractivity contribution is 6.61. The molecule has 0 bridgehead atoms. The number of hydrogen-bond donors (Lipinski definition) is 0. The third-order valence-electron chi connectivity index (χ3n) is 5.35. The molecule has 2 aromatic carbocycles. The van der Waals surface area contributed by atoms with Crippen LogP contribution in [-0.4, -0.2) is 21.3 Å². The lowest BCUT2D eigenvalue weighted by atomic mass is 9.69. The van der Waals surface area contributed by atoms with E-state index in [-0.39, 0.29) is 12.5 Å². The van der Waals surface area contributed by atoms with Crippen LogP contribution in [-0.2, 0) is 14.7 Å². The molecule has 24 heavy (non-hydrogen) atoms. The largest absolute Gasteiger partial charge is 0.493 e. The first kappa shape index (κ1) is 17.3. The molecule has 1 aliphatic carbocycles. The minimum Gasteiger partial charge on any atom is -0.410 e. The van der Waals surface area contributed by atoms with Crippen molar-refractivity contribution in [1.29, 1.82) is 0 Å². The Kier molecular flexibility index (Phi) is 5.12. The fraction of sp³-hybridized carbons (Fsp3) is 0.429. The second-order valence-corrected chi connectivity index (χ2v) is 6.74. The van der Waals surface area contributed by atoms with Crippen molar-refractivity contribution in [3.05, 3.63) is 53.6 Å². The second kappa shape index (κ2) is 7.12. The number of fused-ring (bicyclic) bond motifs is 3. The van der Waals surface area contributed by atoms with Crippen LogP contribution in [0.3, 0.4) is 0 Å². The van der Waals surface area contributed by atoms with Gasteiger partial charge in [-0.05, 0) is 40.6 Å². The molecule has 0 radical (unpaired) electrons. The lowest BCUT2D eigenvalue weighted by Crippen LogP contribution is -2.36. The maximum Gasteiger partial charge on any atom is 0.493 e. The van der Waals surface area contributed by atoms with Gasteiger partial charge in [-0.3, -0.25) is 0 Å². The van der Waals surface area contributed by atoms with Crippen LogP contribution in [0.2, 0.25) is 0 Å². The average Bonchev–Trinajstić information content (AvgIpc) is 2.87. The van der Waals surface area contributed by atoms with Crippen molar-refractivity contribution < 1.29 is 9.31 Å². The van der Waals surface area contributed by atoms with E-state index in [1.807, 2.05) is 0 Å². The molecule has 3 heteroatoms. The fourth-order valence-electron chi connectivity index (χ4n) is 4.51. The van der Waals surface area contributed by atoms with E-state index in [4.69, 9.17) is 9.31 Å². The Hall–Kier alpha value is -1.58. The van der Waals surface area contributed by atoms with Gasteiger partial charge in [0.1, 0.15) is 0 Å². The van der Waals surface area contributed by atoms with Crippen LogP contribution < -0.4 is 5.46 Å². The maximum atomic E-state index is 5.49. The summed E-state index contributed by atoms with van der Waals surface area (Å²) >= 11 is 0. The summed E-state index contributed by atoms with van der Waals surface area (Å²) in [6.07, 6.45) is 4.71. The van der Waals surface area contributed by atoms with Crippen LogP contribution in [0.25, 0.3) is 11.1 Å². The first-order valence-electron chi connectivity index (χ1n) is 9.01. The molecule has 0 amide bonds.